The molecule has 3 rings (SSSR count). The van der Waals surface area contributed by atoms with Gasteiger partial charge in [0, 0.05) is 24.7 Å². The number of carbonyl (C=O) groups is 1. The molecule has 1 saturated heterocycles. The summed E-state index contributed by atoms with van der Waals surface area (Å²) in [5.41, 5.74) is 0.256. The Hall–Kier alpha value is -2.85. The van der Waals surface area contributed by atoms with Gasteiger partial charge in [0.2, 0.25) is 10.0 Å². The summed E-state index contributed by atoms with van der Waals surface area (Å²) >= 11 is 0. The van der Waals surface area contributed by atoms with Crippen LogP contribution in [0.4, 0.5) is 15.8 Å². The number of nitro benzene ring substituents is 1. The molecule has 0 saturated carbocycles. The minimum atomic E-state index is -4.06. The second-order valence-electron chi connectivity index (χ2n) is 6.77. The van der Waals surface area contributed by atoms with Crippen molar-refractivity contribution in [3.05, 3.63) is 63.5 Å². The molecule has 0 spiro atoms. The molecule has 2 aromatic rings. The predicted octanol–water partition coefficient (Wildman–Crippen LogP) is 3.47. The lowest BCUT2D eigenvalue weighted by molar-refractivity contribution is -0.385. The fourth-order valence-corrected chi connectivity index (χ4v) is 4.85. The number of hydrogen-bond acceptors (Lipinski definition) is 5. The van der Waals surface area contributed by atoms with Gasteiger partial charge in [-0.2, -0.15) is 4.31 Å². The van der Waals surface area contributed by atoms with Crippen LogP contribution in [0, 0.1) is 22.9 Å². The summed E-state index contributed by atoms with van der Waals surface area (Å²) in [6.45, 7) is 2.11. The molecule has 1 N–H and O–H groups in total. The molecule has 29 heavy (non-hydrogen) atoms. The normalized spacial score (nSPS) is 15.1. The quantitative estimate of drug-likeness (QED) is 0.587. The van der Waals surface area contributed by atoms with Crippen LogP contribution in [0.5, 0.6) is 0 Å². The van der Waals surface area contributed by atoms with E-state index >= 15 is 0 Å². The number of nitro groups is 1. The molecule has 8 nitrogen and oxygen atoms in total. The van der Waals surface area contributed by atoms with E-state index in [4.69, 9.17) is 0 Å². The van der Waals surface area contributed by atoms with Crippen molar-refractivity contribution in [3.8, 4) is 0 Å². The Morgan fingerprint density at radius 1 is 1.17 bits per heavy atom. The van der Waals surface area contributed by atoms with Gasteiger partial charge >= 0.3 is 0 Å². The zero-order valence-electron chi connectivity index (χ0n) is 15.7. The second kappa shape index (κ2) is 8.26. The molecular formula is C19H20FN3O5S. The van der Waals surface area contributed by atoms with Crippen LogP contribution in [0.3, 0.4) is 0 Å². The fourth-order valence-electron chi connectivity index (χ4n) is 3.24. The summed E-state index contributed by atoms with van der Waals surface area (Å²) in [6.07, 6.45) is 2.32. The van der Waals surface area contributed by atoms with Crippen LogP contribution < -0.4 is 5.32 Å². The second-order valence-corrected chi connectivity index (χ2v) is 8.68. The molecule has 0 aromatic heterocycles. The lowest BCUT2D eigenvalue weighted by atomic mass is 10.1. The van der Waals surface area contributed by atoms with E-state index in [0.29, 0.717) is 25.9 Å². The predicted molar refractivity (Wildman–Crippen MR) is 105 cm³/mol. The Morgan fingerprint density at radius 2 is 1.86 bits per heavy atom. The first-order valence-corrected chi connectivity index (χ1v) is 10.5. The van der Waals surface area contributed by atoms with Crippen molar-refractivity contribution in [3.63, 3.8) is 0 Å². The first-order chi connectivity index (χ1) is 13.7. The van der Waals surface area contributed by atoms with Crippen LogP contribution in [0.25, 0.3) is 0 Å². The number of nitrogens with one attached hydrogen (secondary N) is 1. The Balaban J connectivity index is 1.91. The molecule has 154 valence electrons. The smallest absolute Gasteiger partial charge is 0.274 e. The lowest BCUT2D eigenvalue weighted by Crippen LogP contribution is -2.36. The van der Waals surface area contributed by atoms with Crippen LogP contribution in [-0.2, 0) is 10.0 Å². The first-order valence-electron chi connectivity index (χ1n) is 9.07. The molecule has 2 aromatic carbocycles. The van der Waals surface area contributed by atoms with Crippen molar-refractivity contribution < 1.29 is 22.5 Å². The summed E-state index contributed by atoms with van der Waals surface area (Å²) in [5.74, 6) is -1.62. The highest BCUT2D eigenvalue weighted by molar-refractivity contribution is 7.89. The van der Waals surface area contributed by atoms with E-state index in [1.165, 1.54) is 35.5 Å². The summed E-state index contributed by atoms with van der Waals surface area (Å²) < 4.78 is 41.1. The van der Waals surface area contributed by atoms with Crippen molar-refractivity contribution in [2.24, 2.45) is 0 Å². The molecule has 0 radical (unpaired) electrons. The number of amides is 1. The van der Waals surface area contributed by atoms with Gasteiger partial charge < -0.3 is 5.32 Å². The van der Waals surface area contributed by atoms with Crippen LogP contribution in [-0.4, -0.2) is 36.6 Å². The molecule has 0 atom stereocenters. The molecule has 1 aliphatic heterocycles. The third-order valence-corrected chi connectivity index (χ3v) is 6.79. The van der Waals surface area contributed by atoms with Crippen molar-refractivity contribution in [2.45, 2.75) is 31.1 Å². The number of halogens is 1. The van der Waals surface area contributed by atoms with Crippen LogP contribution >= 0.6 is 0 Å². The number of hydrogen-bond donors (Lipinski definition) is 1. The topological polar surface area (TPSA) is 110 Å². The van der Waals surface area contributed by atoms with Gasteiger partial charge in [0.05, 0.1) is 16.2 Å². The maximum atomic E-state index is 14.3. The first kappa shape index (κ1) is 20.9. The van der Waals surface area contributed by atoms with Gasteiger partial charge in [-0.25, -0.2) is 12.8 Å². The monoisotopic (exact) mass is 421 g/mol. The van der Waals surface area contributed by atoms with Crippen molar-refractivity contribution >= 4 is 27.3 Å². The maximum absolute atomic E-state index is 14.3. The zero-order chi connectivity index (χ0) is 21.2. The van der Waals surface area contributed by atoms with Gasteiger partial charge in [-0.1, -0.05) is 12.5 Å². The van der Waals surface area contributed by atoms with Gasteiger partial charge in [0.1, 0.15) is 10.7 Å². The van der Waals surface area contributed by atoms with Gasteiger partial charge in [-0.15, -0.1) is 0 Å². The molecule has 1 aliphatic rings. The minimum Gasteiger partial charge on any atom is -0.321 e. The van der Waals surface area contributed by atoms with E-state index in [1.54, 1.807) is 0 Å². The highest BCUT2D eigenvalue weighted by Crippen LogP contribution is 2.27. The largest absolute Gasteiger partial charge is 0.321 e. The van der Waals surface area contributed by atoms with Gasteiger partial charge in [-0.05, 0) is 44.0 Å². The molecular weight excluding hydrogens is 401 g/mol. The average molecular weight is 421 g/mol. The number of nitrogens with zero attached hydrogens (tertiary/aromatic N) is 2. The summed E-state index contributed by atoms with van der Waals surface area (Å²) in [4.78, 5) is 22.5. The van der Waals surface area contributed by atoms with Crippen molar-refractivity contribution in [2.75, 3.05) is 18.4 Å². The van der Waals surface area contributed by atoms with E-state index < -0.39 is 31.6 Å². The van der Waals surface area contributed by atoms with Gasteiger partial charge in [0.15, 0.2) is 0 Å². The van der Waals surface area contributed by atoms with Gasteiger partial charge in [0.25, 0.3) is 11.6 Å². The Morgan fingerprint density at radius 3 is 2.52 bits per heavy atom. The van der Waals surface area contributed by atoms with Crippen LogP contribution in [0.15, 0.2) is 41.3 Å². The van der Waals surface area contributed by atoms with Crippen molar-refractivity contribution in [1.82, 2.24) is 4.31 Å². The van der Waals surface area contributed by atoms with Crippen molar-refractivity contribution in [1.29, 1.82) is 0 Å². The lowest BCUT2D eigenvalue weighted by Gasteiger charge is -2.26. The third-order valence-electron chi connectivity index (χ3n) is 4.88. The molecule has 0 bridgehead atoms. The molecule has 1 heterocycles. The maximum Gasteiger partial charge on any atom is 0.274 e. The Kier molecular flexibility index (Phi) is 5.94. The van der Waals surface area contributed by atoms with Gasteiger partial charge in [-0.3, -0.25) is 14.9 Å². The molecule has 0 unspecified atom stereocenters. The fraction of sp³-hybridized carbons (Fsp3) is 0.316. The SMILES string of the molecule is Cc1c(NC(=O)c2ccc(F)c(S(=O)(=O)N3CCCCC3)c2)cccc1[N+](=O)[O-]. The minimum absolute atomic E-state index is 0.0621. The van der Waals surface area contributed by atoms with E-state index in [9.17, 15) is 27.7 Å². The van der Waals surface area contributed by atoms with E-state index in [1.807, 2.05) is 0 Å². The average Bonchev–Trinajstić information content (AvgIpc) is 2.70. The molecule has 1 amide bonds. The summed E-state index contributed by atoms with van der Waals surface area (Å²) in [5, 5.41) is 13.6. The Labute approximate surface area is 167 Å². The highest BCUT2D eigenvalue weighted by atomic mass is 32.2. The highest BCUT2D eigenvalue weighted by Gasteiger charge is 2.29. The number of rotatable bonds is 5. The van der Waals surface area contributed by atoms with E-state index in [2.05, 4.69) is 5.32 Å². The van der Waals surface area contributed by atoms with Crippen LogP contribution in [0.1, 0.15) is 35.2 Å². The zero-order valence-corrected chi connectivity index (χ0v) is 16.5. The van der Waals surface area contributed by atoms with E-state index in [0.717, 1.165) is 18.6 Å². The standard InChI is InChI=1S/C19H20FN3O5S/c1-13-16(6-5-7-17(13)23(25)26)21-19(24)14-8-9-15(20)18(12-14)29(27,28)22-10-3-2-4-11-22/h5-9,12H,2-4,10-11H2,1H3,(H,21,24). The molecule has 0 aliphatic carbocycles. The molecule has 10 heteroatoms. The Bertz CT molecular complexity index is 1070. The summed E-state index contributed by atoms with van der Waals surface area (Å²) in [6, 6.07) is 7.35. The third kappa shape index (κ3) is 4.28. The molecule has 1 fully saturated rings. The number of sulfonamides is 1. The van der Waals surface area contributed by atoms with Crippen LogP contribution in [0.2, 0.25) is 0 Å². The van der Waals surface area contributed by atoms with E-state index in [-0.39, 0.29) is 22.5 Å². The number of benzene rings is 2. The number of anilines is 1. The number of carbonyl (C=O) groups excluding carboxylic acids is 1. The summed E-state index contributed by atoms with van der Waals surface area (Å²) in [7, 11) is -4.06. The number of piperidine rings is 1.